The minimum absolute atomic E-state index is 0.106. The monoisotopic (exact) mass is 344 g/mol. The summed E-state index contributed by atoms with van der Waals surface area (Å²) in [7, 11) is 0. The highest BCUT2D eigenvalue weighted by molar-refractivity contribution is 6.18. The van der Waals surface area contributed by atoms with Crippen LogP contribution in [0.3, 0.4) is 0 Å². The van der Waals surface area contributed by atoms with E-state index in [1.165, 1.54) is 0 Å². The maximum Gasteiger partial charge on any atom is 0.193 e. The van der Waals surface area contributed by atoms with Crippen LogP contribution in [0, 0.1) is 12.3 Å². The van der Waals surface area contributed by atoms with E-state index in [0.29, 0.717) is 22.6 Å². The van der Waals surface area contributed by atoms with Gasteiger partial charge < -0.3 is 14.6 Å². The highest BCUT2D eigenvalue weighted by Crippen LogP contribution is 2.18. The average Bonchev–Trinajstić information content (AvgIpc) is 2.64. The molecule has 0 heterocycles. The van der Waals surface area contributed by atoms with Crippen molar-refractivity contribution in [3.8, 4) is 23.8 Å². The second-order valence-corrected chi connectivity index (χ2v) is 5.30. The van der Waals surface area contributed by atoms with Gasteiger partial charge in [-0.15, -0.1) is 18.0 Å². The summed E-state index contributed by atoms with van der Waals surface area (Å²) < 4.78 is 10.6. The van der Waals surface area contributed by atoms with Gasteiger partial charge in [0.15, 0.2) is 5.78 Å². The largest absolute Gasteiger partial charge is 0.491 e. The molecule has 1 N–H and O–H groups in total. The first-order chi connectivity index (χ1) is 11.6. The summed E-state index contributed by atoms with van der Waals surface area (Å²) in [6, 6.07) is 13.5. The van der Waals surface area contributed by atoms with Crippen LogP contribution in [0.15, 0.2) is 48.5 Å². The molecule has 0 saturated carbocycles. The van der Waals surface area contributed by atoms with E-state index in [2.05, 4.69) is 5.92 Å². The molecule has 0 aromatic heterocycles. The number of ketones is 1. The summed E-state index contributed by atoms with van der Waals surface area (Å²) >= 11 is 5.50. The van der Waals surface area contributed by atoms with Crippen LogP contribution in [-0.4, -0.2) is 36.1 Å². The van der Waals surface area contributed by atoms with Crippen LogP contribution >= 0.6 is 11.6 Å². The smallest absolute Gasteiger partial charge is 0.193 e. The Kier molecular flexibility index (Phi) is 6.68. The maximum absolute atomic E-state index is 12.4. The molecule has 0 aliphatic heterocycles. The topological polar surface area (TPSA) is 55.8 Å². The summed E-state index contributed by atoms with van der Waals surface area (Å²) in [6.07, 6.45) is 4.41. The predicted molar refractivity (Wildman–Crippen MR) is 92.9 cm³/mol. The molecule has 2 aromatic carbocycles. The third-order valence-electron chi connectivity index (χ3n) is 3.18. The molecule has 2 aromatic rings. The number of carbonyl (C=O) groups excluding carboxylic acids is 1. The zero-order valence-electron chi connectivity index (χ0n) is 12.9. The lowest BCUT2D eigenvalue weighted by Gasteiger charge is -2.10. The number of hydrogen-bond donors (Lipinski definition) is 1. The fourth-order valence-electron chi connectivity index (χ4n) is 1.93. The molecule has 0 radical (unpaired) electrons. The molecule has 0 aliphatic carbocycles. The fraction of sp³-hybridized carbons (Fsp3) is 0.211. The summed E-state index contributed by atoms with van der Waals surface area (Å²) in [5.74, 6) is 3.57. The molecule has 5 heteroatoms. The van der Waals surface area contributed by atoms with E-state index >= 15 is 0 Å². The Labute approximate surface area is 146 Å². The highest BCUT2D eigenvalue weighted by atomic mass is 35.5. The molecule has 0 aliphatic rings. The van der Waals surface area contributed by atoms with Crippen molar-refractivity contribution in [1.29, 1.82) is 0 Å². The van der Waals surface area contributed by atoms with Gasteiger partial charge in [-0.05, 0) is 48.5 Å². The Morgan fingerprint density at radius 3 is 2.00 bits per heavy atom. The highest BCUT2D eigenvalue weighted by Gasteiger charge is 2.10. The van der Waals surface area contributed by atoms with Crippen molar-refractivity contribution in [2.45, 2.75) is 6.10 Å². The number of aliphatic hydroxyl groups excluding tert-OH is 1. The van der Waals surface area contributed by atoms with Crippen molar-refractivity contribution >= 4 is 17.4 Å². The minimum atomic E-state index is -0.719. The van der Waals surface area contributed by atoms with Gasteiger partial charge in [-0.1, -0.05) is 5.92 Å². The van der Waals surface area contributed by atoms with Gasteiger partial charge in [0.1, 0.15) is 30.8 Å². The summed E-state index contributed by atoms with van der Waals surface area (Å²) in [6.45, 7) is 0.295. The zero-order valence-corrected chi connectivity index (χ0v) is 13.7. The third-order valence-corrected chi connectivity index (χ3v) is 3.53. The molecule has 0 bridgehead atoms. The first-order valence-electron chi connectivity index (χ1n) is 7.32. The number of benzene rings is 2. The number of terminal acetylenes is 1. The molecule has 2 rings (SSSR count). The van der Waals surface area contributed by atoms with Crippen LogP contribution in [0.25, 0.3) is 0 Å². The Balaban J connectivity index is 2.00. The first-order valence-corrected chi connectivity index (χ1v) is 7.85. The van der Waals surface area contributed by atoms with Gasteiger partial charge in [0, 0.05) is 11.1 Å². The van der Waals surface area contributed by atoms with Gasteiger partial charge in [0.25, 0.3) is 0 Å². The SMILES string of the molecule is C#CCOc1ccc(C(=O)c2ccc(OC[C@H](O)CCl)cc2)cc1. The van der Waals surface area contributed by atoms with Gasteiger partial charge >= 0.3 is 0 Å². The van der Waals surface area contributed by atoms with Crippen LogP contribution in [0.4, 0.5) is 0 Å². The van der Waals surface area contributed by atoms with Gasteiger partial charge in [-0.25, -0.2) is 0 Å². The van der Waals surface area contributed by atoms with Crippen molar-refractivity contribution in [2.75, 3.05) is 19.1 Å². The Morgan fingerprint density at radius 1 is 1.04 bits per heavy atom. The lowest BCUT2D eigenvalue weighted by atomic mass is 10.0. The molecule has 124 valence electrons. The van der Waals surface area contributed by atoms with Crippen LogP contribution in [0.1, 0.15) is 15.9 Å². The van der Waals surface area contributed by atoms with E-state index in [1.807, 2.05) is 0 Å². The molecule has 24 heavy (non-hydrogen) atoms. The van der Waals surface area contributed by atoms with E-state index < -0.39 is 6.10 Å². The molecule has 0 unspecified atom stereocenters. The van der Waals surface area contributed by atoms with Crippen LogP contribution in [0.2, 0.25) is 0 Å². The van der Waals surface area contributed by atoms with Gasteiger partial charge in [0.2, 0.25) is 0 Å². The maximum atomic E-state index is 12.4. The summed E-state index contributed by atoms with van der Waals surface area (Å²) in [5.41, 5.74) is 1.09. The molecule has 0 amide bonds. The molecule has 0 fully saturated rings. The van der Waals surface area contributed by atoms with E-state index in [9.17, 15) is 9.90 Å². The van der Waals surface area contributed by atoms with Crippen LogP contribution in [-0.2, 0) is 0 Å². The second kappa shape index (κ2) is 8.97. The number of alkyl halides is 1. The second-order valence-electron chi connectivity index (χ2n) is 4.99. The van der Waals surface area contributed by atoms with Gasteiger partial charge in [-0.3, -0.25) is 4.79 Å². The van der Waals surface area contributed by atoms with Crippen molar-refractivity contribution in [3.05, 3.63) is 59.7 Å². The Bertz CT molecular complexity index is 702. The van der Waals surface area contributed by atoms with Gasteiger partial charge in [-0.2, -0.15) is 0 Å². The lowest BCUT2D eigenvalue weighted by molar-refractivity contribution is 0.103. The van der Waals surface area contributed by atoms with Crippen molar-refractivity contribution < 1.29 is 19.4 Å². The van der Waals surface area contributed by atoms with E-state index in [1.54, 1.807) is 48.5 Å². The first kappa shape index (κ1) is 17.9. The van der Waals surface area contributed by atoms with Gasteiger partial charge in [0.05, 0.1) is 5.88 Å². The van der Waals surface area contributed by atoms with E-state index in [4.69, 9.17) is 27.5 Å². The Hall–Kier alpha value is -2.48. The number of ether oxygens (including phenoxy) is 2. The molecule has 0 saturated heterocycles. The number of hydrogen-bond acceptors (Lipinski definition) is 4. The molecular weight excluding hydrogens is 328 g/mol. The van der Waals surface area contributed by atoms with Crippen LogP contribution < -0.4 is 9.47 Å². The number of rotatable bonds is 8. The molecule has 1 atom stereocenters. The zero-order chi connectivity index (χ0) is 17.4. The number of halogens is 1. The predicted octanol–water partition coefficient (Wildman–Crippen LogP) is 2.91. The number of aliphatic hydroxyl groups is 1. The fourth-order valence-corrected chi connectivity index (χ4v) is 2.02. The minimum Gasteiger partial charge on any atom is -0.491 e. The number of carbonyl (C=O) groups is 1. The Morgan fingerprint density at radius 2 is 1.54 bits per heavy atom. The summed E-state index contributed by atoms with van der Waals surface area (Å²) in [5, 5.41) is 9.35. The molecule has 4 nitrogen and oxygen atoms in total. The van der Waals surface area contributed by atoms with Crippen molar-refractivity contribution in [1.82, 2.24) is 0 Å². The van der Waals surface area contributed by atoms with E-state index in [0.717, 1.165) is 0 Å². The third kappa shape index (κ3) is 5.02. The standard InChI is InChI=1S/C19H17ClO4/c1-2-11-23-17-7-3-14(4-8-17)19(22)15-5-9-18(10-6-15)24-13-16(21)12-20/h1,3-10,16,21H,11-13H2/t16-/m1/s1. The van der Waals surface area contributed by atoms with Crippen molar-refractivity contribution in [3.63, 3.8) is 0 Å². The lowest BCUT2D eigenvalue weighted by Crippen LogP contribution is -2.18. The quantitative estimate of drug-likeness (QED) is 0.454. The average molecular weight is 345 g/mol. The van der Waals surface area contributed by atoms with Crippen LogP contribution in [0.5, 0.6) is 11.5 Å². The molecule has 0 spiro atoms. The summed E-state index contributed by atoms with van der Waals surface area (Å²) in [4.78, 5) is 12.4. The molecular formula is C19H17ClO4. The van der Waals surface area contributed by atoms with Crippen molar-refractivity contribution in [2.24, 2.45) is 0 Å². The van der Waals surface area contributed by atoms with E-state index in [-0.39, 0.29) is 24.9 Å². The normalized spacial score (nSPS) is 11.4.